The van der Waals surface area contributed by atoms with Crippen molar-refractivity contribution in [1.82, 2.24) is 24.9 Å². The summed E-state index contributed by atoms with van der Waals surface area (Å²) in [4.78, 5) is 13.0. The molecular formula is C24H21ClN6O3S2. The van der Waals surface area contributed by atoms with Gasteiger partial charge in [-0.25, -0.2) is 13.4 Å². The van der Waals surface area contributed by atoms with Crippen molar-refractivity contribution >= 4 is 54.5 Å². The Labute approximate surface area is 216 Å². The first-order valence-electron chi connectivity index (χ1n) is 11.3. The number of thiophene rings is 1. The zero-order valence-corrected chi connectivity index (χ0v) is 21.4. The average molecular weight is 541 g/mol. The van der Waals surface area contributed by atoms with E-state index in [0.717, 1.165) is 21.6 Å². The van der Waals surface area contributed by atoms with Crippen LogP contribution >= 0.6 is 22.9 Å². The Hall–Kier alpha value is -3.09. The maximum atomic E-state index is 13.4. The Morgan fingerprint density at radius 1 is 1.00 bits per heavy atom. The fourth-order valence-corrected chi connectivity index (χ4v) is 6.63. The van der Waals surface area contributed by atoms with Gasteiger partial charge in [-0.15, -0.1) is 16.4 Å². The van der Waals surface area contributed by atoms with E-state index in [1.165, 1.54) is 16.6 Å². The van der Waals surface area contributed by atoms with Gasteiger partial charge < -0.3 is 4.90 Å². The number of halogens is 1. The van der Waals surface area contributed by atoms with Crippen LogP contribution in [0.25, 0.3) is 15.9 Å². The van der Waals surface area contributed by atoms with Gasteiger partial charge in [-0.2, -0.15) is 9.58 Å². The van der Waals surface area contributed by atoms with Crippen molar-refractivity contribution in [2.45, 2.75) is 16.5 Å². The minimum Gasteiger partial charge on any atom is -0.353 e. The van der Waals surface area contributed by atoms with Gasteiger partial charge in [-0.3, -0.25) is 4.84 Å². The van der Waals surface area contributed by atoms with Gasteiger partial charge in [0, 0.05) is 31.2 Å². The first-order valence-corrected chi connectivity index (χ1v) is 14.0. The summed E-state index contributed by atoms with van der Waals surface area (Å²) in [7, 11) is -3.97. The second-order valence-corrected chi connectivity index (χ2v) is 11.6. The fourth-order valence-electron chi connectivity index (χ4n) is 4.21. The van der Waals surface area contributed by atoms with Gasteiger partial charge in [0.15, 0.2) is 11.5 Å². The number of rotatable bonds is 6. The molecule has 1 aliphatic rings. The molecule has 12 heteroatoms. The van der Waals surface area contributed by atoms with Crippen LogP contribution in [-0.4, -0.2) is 59.5 Å². The van der Waals surface area contributed by atoms with Crippen LogP contribution in [0.15, 0.2) is 76.0 Å². The van der Waals surface area contributed by atoms with Crippen LogP contribution in [0.5, 0.6) is 0 Å². The number of anilines is 1. The SMILES string of the molecule is O=S(=O)(c1cccc(Cl)c1)c1nnn2c1nc(N1CCN(OCc3ccccc3)CC1)c1sccc12. The van der Waals surface area contributed by atoms with E-state index in [-0.39, 0.29) is 15.6 Å². The van der Waals surface area contributed by atoms with Crippen molar-refractivity contribution in [3.63, 3.8) is 0 Å². The number of aromatic nitrogens is 4. The second kappa shape index (κ2) is 9.41. The van der Waals surface area contributed by atoms with Gasteiger partial charge in [0.05, 0.1) is 21.7 Å². The number of sulfone groups is 1. The van der Waals surface area contributed by atoms with Crippen molar-refractivity contribution in [3.8, 4) is 0 Å². The van der Waals surface area contributed by atoms with E-state index in [9.17, 15) is 8.42 Å². The van der Waals surface area contributed by atoms with E-state index in [4.69, 9.17) is 21.4 Å². The molecule has 2 aromatic carbocycles. The number of piperazine rings is 1. The molecule has 0 saturated carbocycles. The molecule has 0 unspecified atom stereocenters. The van der Waals surface area contributed by atoms with E-state index in [1.807, 2.05) is 46.8 Å². The predicted molar refractivity (Wildman–Crippen MR) is 138 cm³/mol. The molecule has 3 aromatic heterocycles. The smallest absolute Gasteiger partial charge is 0.229 e. The predicted octanol–water partition coefficient (Wildman–Crippen LogP) is 4.08. The molecule has 36 heavy (non-hydrogen) atoms. The highest BCUT2D eigenvalue weighted by Crippen LogP contribution is 2.33. The van der Waals surface area contributed by atoms with Crippen molar-refractivity contribution in [2.24, 2.45) is 0 Å². The molecule has 1 aliphatic heterocycles. The number of benzene rings is 2. The minimum absolute atomic E-state index is 0.0512. The Morgan fingerprint density at radius 3 is 2.58 bits per heavy atom. The molecule has 5 aromatic rings. The number of nitrogens with zero attached hydrogens (tertiary/aromatic N) is 6. The molecule has 0 amide bonds. The van der Waals surface area contributed by atoms with Crippen LogP contribution in [0.3, 0.4) is 0 Å². The highest BCUT2D eigenvalue weighted by molar-refractivity contribution is 7.91. The molecule has 6 rings (SSSR count). The third-order valence-corrected chi connectivity index (χ3v) is 8.84. The van der Waals surface area contributed by atoms with Crippen molar-refractivity contribution in [3.05, 3.63) is 76.6 Å². The Kier molecular flexibility index (Phi) is 6.10. The summed E-state index contributed by atoms with van der Waals surface area (Å²) in [6.07, 6.45) is 0. The Bertz CT molecular complexity index is 1650. The number of fused-ring (bicyclic) bond motifs is 3. The largest absolute Gasteiger partial charge is 0.353 e. The maximum absolute atomic E-state index is 13.4. The average Bonchev–Trinajstić information content (AvgIpc) is 3.55. The molecule has 184 valence electrons. The summed E-state index contributed by atoms with van der Waals surface area (Å²) in [6, 6.07) is 18.1. The first-order chi connectivity index (χ1) is 17.5. The molecule has 0 radical (unpaired) electrons. The van der Waals surface area contributed by atoms with E-state index in [2.05, 4.69) is 15.2 Å². The minimum atomic E-state index is -3.97. The summed E-state index contributed by atoms with van der Waals surface area (Å²) in [5, 5.41) is 12.2. The van der Waals surface area contributed by atoms with E-state index >= 15 is 0 Å². The molecular weight excluding hydrogens is 520 g/mol. The summed E-state index contributed by atoms with van der Waals surface area (Å²) >= 11 is 7.59. The molecule has 0 aliphatic carbocycles. The summed E-state index contributed by atoms with van der Waals surface area (Å²) in [5.74, 6) is 0.722. The normalized spacial score (nSPS) is 15.2. The third kappa shape index (κ3) is 4.22. The highest BCUT2D eigenvalue weighted by Gasteiger charge is 2.29. The van der Waals surface area contributed by atoms with E-state index < -0.39 is 9.84 Å². The summed E-state index contributed by atoms with van der Waals surface area (Å²) in [5.41, 5.74) is 2.08. The van der Waals surface area contributed by atoms with E-state index in [0.29, 0.717) is 37.8 Å². The lowest BCUT2D eigenvalue weighted by atomic mass is 10.2. The molecule has 1 saturated heterocycles. The lowest BCUT2D eigenvalue weighted by Crippen LogP contribution is -2.46. The molecule has 0 bridgehead atoms. The van der Waals surface area contributed by atoms with E-state index in [1.54, 1.807) is 23.5 Å². The molecule has 4 heterocycles. The topological polar surface area (TPSA) is 92.9 Å². The Balaban J connectivity index is 1.30. The molecule has 9 nitrogen and oxygen atoms in total. The second-order valence-electron chi connectivity index (χ2n) is 8.34. The van der Waals surface area contributed by atoms with Crippen LogP contribution in [-0.2, 0) is 21.3 Å². The lowest BCUT2D eigenvalue weighted by molar-refractivity contribution is -0.171. The van der Waals surface area contributed by atoms with Gasteiger partial charge in [0.2, 0.25) is 14.9 Å². The summed E-state index contributed by atoms with van der Waals surface area (Å²) in [6.45, 7) is 3.27. The zero-order chi connectivity index (χ0) is 24.7. The van der Waals surface area contributed by atoms with Crippen LogP contribution in [0.4, 0.5) is 5.82 Å². The van der Waals surface area contributed by atoms with Gasteiger partial charge in [0.1, 0.15) is 0 Å². The van der Waals surface area contributed by atoms with Gasteiger partial charge >= 0.3 is 0 Å². The van der Waals surface area contributed by atoms with Crippen molar-refractivity contribution in [2.75, 3.05) is 31.1 Å². The zero-order valence-electron chi connectivity index (χ0n) is 19.0. The van der Waals surface area contributed by atoms with Crippen molar-refractivity contribution < 1.29 is 13.3 Å². The number of hydrogen-bond donors (Lipinski definition) is 0. The summed E-state index contributed by atoms with van der Waals surface area (Å²) < 4.78 is 29.2. The maximum Gasteiger partial charge on any atom is 0.229 e. The van der Waals surface area contributed by atoms with Crippen LogP contribution in [0.1, 0.15) is 5.56 Å². The van der Waals surface area contributed by atoms with Crippen LogP contribution in [0, 0.1) is 0 Å². The first kappa shape index (κ1) is 23.3. The monoisotopic (exact) mass is 540 g/mol. The number of hydroxylamine groups is 2. The standard InChI is InChI=1S/C24H21ClN6O3S2/c25-18-7-4-8-19(15-18)36(32,33)24-23-26-22(21-20(9-14-35-21)31(23)28-27-24)29-10-12-30(13-11-29)34-16-17-5-2-1-3-6-17/h1-9,14-15H,10-13,16H2. The quantitative estimate of drug-likeness (QED) is 0.318. The molecule has 0 spiro atoms. The van der Waals surface area contributed by atoms with Gasteiger partial charge in [-0.05, 0) is 35.2 Å². The van der Waals surface area contributed by atoms with Crippen LogP contribution < -0.4 is 4.90 Å². The number of hydrogen-bond acceptors (Lipinski definition) is 9. The van der Waals surface area contributed by atoms with Crippen molar-refractivity contribution in [1.29, 1.82) is 0 Å². The van der Waals surface area contributed by atoms with Gasteiger partial charge in [0.25, 0.3) is 0 Å². The fraction of sp³-hybridized carbons (Fsp3) is 0.208. The van der Waals surface area contributed by atoms with Gasteiger partial charge in [-0.1, -0.05) is 53.2 Å². The Morgan fingerprint density at radius 2 is 1.81 bits per heavy atom. The molecule has 1 fully saturated rings. The lowest BCUT2D eigenvalue weighted by Gasteiger charge is -2.34. The molecule has 0 atom stereocenters. The van der Waals surface area contributed by atoms with Crippen LogP contribution in [0.2, 0.25) is 5.02 Å². The third-order valence-electron chi connectivity index (χ3n) is 6.06. The highest BCUT2D eigenvalue weighted by atomic mass is 35.5. The molecule has 0 N–H and O–H groups in total.